The smallest absolute Gasteiger partial charge is 0.226 e. The Bertz CT molecular complexity index is 809. The summed E-state index contributed by atoms with van der Waals surface area (Å²) < 4.78 is 5.79. The predicted molar refractivity (Wildman–Crippen MR) is 86.9 cm³/mol. The van der Waals surface area contributed by atoms with Crippen molar-refractivity contribution in [2.45, 2.75) is 19.8 Å². The van der Waals surface area contributed by atoms with Gasteiger partial charge in [0.2, 0.25) is 5.95 Å². The first-order chi connectivity index (χ1) is 11.3. The number of aryl methyl sites for hydroxylation is 1. The Kier molecular flexibility index (Phi) is 3.49. The van der Waals surface area contributed by atoms with Gasteiger partial charge in [-0.15, -0.1) is 0 Å². The average molecular weight is 307 g/mol. The van der Waals surface area contributed by atoms with Gasteiger partial charge in [0.15, 0.2) is 5.76 Å². The van der Waals surface area contributed by atoms with Crippen molar-refractivity contribution in [3.05, 3.63) is 42.7 Å². The molecule has 0 aliphatic carbocycles. The molecule has 6 nitrogen and oxygen atoms in total. The van der Waals surface area contributed by atoms with Crippen LogP contribution in [0.3, 0.4) is 0 Å². The van der Waals surface area contributed by atoms with Crippen LogP contribution in [0.4, 0.5) is 5.95 Å². The molecule has 0 N–H and O–H groups in total. The molecule has 6 heteroatoms. The van der Waals surface area contributed by atoms with E-state index in [0.29, 0.717) is 0 Å². The van der Waals surface area contributed by atoms with Gasteiger partial charge < -0.3 is 9.32 Å². The van der Waals surface area contributed by atoms with Gasteiger partial charge in [-0.05, 0) is 31.9 Å². The zero-order valence-corrected chi connectivity index (χ0v) is 12.9. The summed E-state index contributed by atoms with van der Waals surface area (Å²) in [6.07, 6.45) is 9.22. The van der Waals surface area contributed by atoms with E-state index < -0.39 is 0 Å². The average Bonchev–Trinajstić information content (AvgIpc) is 3.27. The zero-order valence-electron chi connectivity index (χ0n) is 12.9. The van der Waals surface area contributed by atoms with E-state index in [0.717, 1.165) is 47.5 Å². The van der Waals surface area contributed by atoms with Gasteiger partial charge in [-0.1, -0.05) is 0 Å². The molecule has 1 saturated heterocycles. The standard InChI is InChI=1S/C17H17N5O/c1-12-4-5-15(23-12)16-13(14-11-18-6-7-19-14)10-20-17(21-16)22-8-2-3-9-22/h4-7,10-11H,2-3,8-9H2,1H3. The minimum atomic E-state index is 0.728. The molecule has 0 bridgehead atoms. The van der Waals surface area contributed by atoms with Crippen molar-refractivity contribution in [1.82, 2.24) is 19.9 Å². The molecule has 4 heterocycles. The molecule has 1 aliphatic heterocycles. The van der Waals surface area contributed by atoms with Crippen LogP contribution in [0, 0.1) is 6.92 Å². The summed E-state index contributed by atoms with van der Waals surface area (Å²) in [5.74, 6) is 2.33. The summed E-state index contributed by atoms with van der Waals surface area (Å²) in [6.45, 7) is 3.93. The summed E-state index contributed by atoms with van der Waals surface area (Å²) in [4.78, 5) is 20.0. The molecule has 3 aromatic rings. The lowest BCUT2D eigenvalue weighted by Gasteiger charge is -2.16. The maximum absolute atomic E-state index is 5.79. The summed E-state index contributed by atoms with van der Waals surface area (Å²) >= 11 is 0. The van der Waals surface area contributed by atoms with Crippen LogP contribution in [-0.2, 0) is 0 Å². The second-order valence-corrected chi connectivity index (χ2v) is 5.63. The van der Waals surface area contributed by atoms with Crippen molar-refractivity contribution in [2.75, 3.05) is 18.0 Å². The molecule has 116 valence electrons. The van der Waals surface area contributed by atoms with E-state index >= 15 is 0 Å². The van der Waals surface area contributed by atoms with E-state index in [1.54, 1.807) is 18.6 Å². The zero-order chi connectivity index (χ0) is 15.6. The molecule has 0 radical (unpaired) electrons. The Morgan fingerprint density at radius 2 is 1.91 bits per heavy atom. The summed E-state index contributed by atoms with van der Waals surface area (Å²) in [7, 11) is 0. The second kappa shape index (κ2) is 5.79. The lowest BCUT2D eigenvalue weighted by atomic mass is 10.1. The SMILES string of the molecule is Cc1ccc(-c2nc(N3CCCC3)ncc2-c2cnccn2)o1. The number of hydrogen-bond donors (Lipinski definition) is 0. The highest BCUT2D eigenvalue weighted by molar-refractivity contribution is 5.76. The van der Waals surface area contributed by atoms with Crippen molar-refractivity contribution >= 4 is 5.95 Å². The number of anilines is 1. The van der Waals surface area contributed by atoms with Crippen LogP contribution < -0.4 is 4.90 Å². The van der Waals surface area contributed by atoms with Gasteiger partial charge in [0, 0.05) is 37.2 Å². The van der Waals surface area contributed by atoms with E-state index in [4.69, 9.17) is 9.40 Å². The Balaban J connectivity index is 1.85. The van der Waals surface area contributed by atoms with Gasteiger partial charge in [0.25, 0.3) is 0 Å². The molecular weight excluding hydrogens is 290 g/mol. The van der Waals surface area contributed by atoms with Crippen LogP contribution in [0.2, 0.25) is 0 Å². The van der Waals surface area contributed by atoms with E-state index in [1.165, 1.54) is 12.8 Å². The maximum Gasteiger partial charge on any atom is 0.226 e. The fourth-order valence-corrected chi connectivity index (χ4v) is 2.82. The molecular formula is C17H17N5O. The normalized spacial score (nSPS) is 14.4. The Morgan fingerprint density at radius 1 is 1.04 bits per heavy atom. The molecule has 0 atom stereocenters. The van der Waals surface area contributed by atoms with E-state index in [9.17, 15) is 0 Å². The monoisotopic (exact) mass is 307 g/mol. The summed E-state index contributed by atoms with van der Waals surface area (Å²) in [6, 6.07) is 3.87. The van der Waals surface area contributed by atoms with E-state index in [1.807, 2.05) is 25.3 Å². The van der Waals surface area contributed by atoms with E-state index in [2.05, 4.69) is 19.9 Å². The van der Waals surface area contributed by atoms with Crippen LogP contribution in [-0.4, -0.2) is 33.0 Å². The summed E-state index contributed by atoms with van der Waals surface area (Å²) in [5, 5.41) is 0. The molecule has 0 spiro atoms. The van der Waals surface area contributed by atoms with Crippen LogP contribution >= 0.6 is 0 Å². The Labute approximate surface area is 134 Å². The molecule has 0 saturated carbocycles. The van der Waals surface area contributed by atoms with Gasteiger partial charge in [0.05, 0.1) is 11.9 Å². The Hall–Kier alpha value is -2.76. The van der Waals surface area contributed by atoms with Gasteiger partial charge in [-0.3, -0.25) is 9.97 Å². The largest absolute Gasteiger partial charge is 0.460 e. The van der Waals surface area contributed by atoms with Crippen LogP contribution in [0.1, 0.15) is 18.6 Å². The highest BCUT2D eigenvalue weighted by Gasteiger charge is 2.20. The highest BCUT2D eigenvalue weighted by Crippen LogP contribution is 2.31. The number of furan rings is 1. The number of nitrogens with zero attached hydrogens (tertiary/aromatic N) is 5. The van der Waals surface area contributed by atoms with Crippen molar-refractivity contribution in [3.63, 3.8) is 0 Å². The van der Waals surface area contributed by atoms with Crippen molar-refractivity contribution < 1.29 is 4.42 Å². The first-order valence-corrected chi connectivity index (χ1v) is 7.76. The lowest BCUT2D eigenvalue weighted by molar-refractivity contribution is 0.546. The van der Waals surface area contributed by atoms with Crippen LogP contribution in [0.15, 0.2) is 41.3 Å². The van der Waals surface area contributed by atoms with Gasteiger partial charge >= 0.3 is 0 Å². The molecule has 1 fully saturated rings. The molecule has 0 unspecified atom stereocenters. The first kappa shape index (κ1) is 13.9. The van der Waals surface area contributed by atoms with Crippen LogP contribution in [0.25, 0.3) is 22.7 Å². The molecule has 1 aliphatic rings. The molecule has 4 rings (SSSR count). The number of rotatable bonds is 3. The number of aromatic nitrogens is 4. The van der Waals surface area contributed by atoms with Gasteiger partial charge in [-0.2, -0.15) is 0 Å². The van der Waals surface area contributed by atoms with E-state index in [-0.39, 0.29) is 0 Å². The third-order valence-corrected chi connectivity index (χ3v) is 3.98. The molecule has 3 aromatic heterocycles. The lowest BCUT2D eigenvalue weighted by Crippen LogP contribution is -2.20. The predicted octanol–water partition coefficient (Wildman–Crippen LogP) is 3.10. The fourth-order valence-electron chi connectivity index (χ4n) is 2.82. The molecule has 0 amide bonds. The first-order valence-electron chi connectivity index (χ1n) is 7.76. The van der Waals surface area contributed by atoms with Crippen molar-refractivity contribution in [2.24, 2.45) is 0 Å². The molecule has 23 heavy (non-hydrogen) atoms. The minimum absolute atomic E-state index is 0.728. The van der Waals surface area contributed by atoms with Gasteiger partial charge in [0.1, 0.15) is 11.5 Å². The fraction of sp³-hybridized carbons (Fsp3) is 0.294. The quantitative estimate of drug-likeness (QED) is 0.740. The maximum atomic E-state index is 5.79. The number of hydrogen-bond acceptors (Lipinski definition) is 6. The highest BCUT2D eigenvalue weighted by atomic mass is 16.3. The Morgan fingerprint density at radius 3 is 2.61 bits per heavy atom. The second-order valence-electron chi connectivity index (χ2n) is 5.63. The van der Waals surface area contributed by atoms with Crippen molar-refractivity contribution in [1.29, 1.82) is 0 Å². The topological polar surface area (TPSA) is 67.9 Å². The third kappa shape index (κ3) is 2.67. The molecule has 0 aromatic carbocycles. The summed E-state index contributed by atoms with van der Waals surface area (Å²) in [5.41, 5.74) is 2.33. The van der Waals surface area contributed by atoms with Gasteiger partial charge in [-0.25, -0.2) is 9.97 Å². The third-order valence-electron chi connectivity index (χ3n) is 3.98. The van der Waals surface area contributed by atoms with Crippen LogP contribution in [0.5, 0.6) is 0 Å². The van der Waals surface area contributed by atoms with Crippen molar-refractivity contribution in [3.8, 4) is 22.7 Å². The minimum Gasteiger partial charge on any atom is -0.460 e.